The minimum atomic E-state index is -0.476. The fourth-order valence-electron chi connectivity index (χ4n) is 2.37. The molecular formula is C14H12N2O2. The molecule has 0 saturated heterocycles. The van der Waals surface area contributed by atoms with Gasteiger partial charge in [0.1, 0.15) is 0 Å². The van der Waals surface area contributed by atoms with Gasteiger partial charge >= 0.3 is 0 Å². The Labute approximate surface area is 103 Å². The third kappa shape index (κ3) is 1.39. The van der Waals surface area contributed by atoms with Crippen LogP contribution in [0.5, 0.6) is 0 Å². The summed E-state index contributed by atoms with van der Waals surface area (Å²) in [6.07, 6.45) is 0. The largest absolute Gasteiger partial charge is 0.392 e. The van der Waals surface area contributed by atoms with E-state index in [4.69, 9.17) is 5.73 Å². The zero-order chi connectivity index (χ0) is 12.7. The number of nitrogens with two attached hydrogens (primary N) is 1. The Balaban J connectivity index is 2.55. The van der Waals surface area contributed by atoms with E-state index in [9.17, 15) is 9.90 Å². The number of carbonyl (C=O) groups excluding carboxylic acids is 1. The van der Waals surface area contributed by atoms with Crippen molar-refractivity contribution in [2.24, 2.45) is 5.73 Å². The van der Waals surface area contributed by atoms with Crippen LogP contribution < -0.4 is 5.73 Å². The van der Waals surface area contributed by atoms with Crippen molar-refractivity contribution in [1.29, 1.82) is 0 Å². The van der Waals surface area contributed by atoms with Gasteiger partial charge in [-0.15, -0.1) is 0 Å². The number of aliphatic hydroxyl groups excluding tert-OH is 1. The molecule has 0 aliphatic heterocycles. The summed E-state index contributed by atoms with van der Waals surface area (Å²) in [6, 6.07) is 11.1. The normalized spacial score (nSPS) is 11.2. The smallest absolute Gasteiger partial charge is 0.250 e. The maximum absolute atomic E-state index is 11.4. The van der Waals surface area contributed by atoms with Gasteiger partial charge < -0.3 is 15.8 Å². The molecule has 0 unspecified atom stereocenters. The number of aromatic nitrogens is 1. The average Bonchev–Trinajstić information content (AvgIpc) is 2.76. The number of fused-ring (bicyclic) bond motifs is 3. The van der Waals surface area contributed by atoms with Crippen LogP contribution in [0, 0.1) is 0 Å². The van der Waals surface area contributed by atoms with Crippen molar-refractivity contribution in [1.82, 2.24) is 4.98 Å². The summed E-state index contributed by atoms with van der Waals surface area (Å²) in [6.45, 7) is -0.0720. The van der Waals surface area contributed by atoms with E-state index in [0.717, 1.165) is 21.9 Å². The first-order chi connectivity index (χ1) is 8.72. The van der Waals surface area contributed by atoms with Crippen LogP contribution in [0.1, 0.15) is 15.9 Å². The molecule has 4 N–H and O–H groups in total. The summed E-state index contributed by atoms with van der Waals surface area (Å²) in [5, 5.41) is 11.3. The van der Waals surface area contributed by atoms with Crippen LogP contribution in [-0.2, 0) is 6.61 Å². The van der Waals surface area contributed by atoms with E-state index in [1.54, 1.807) is 12.1 Å². The highest BCUT2D eigenvalue weighted by Crippen LogP contribution is 2.30. The summed E-state index contributed by atoms with van der Waals surface area (Å²) < 4.78 is 0. The number of aromatic amines is 1. The Morgan fingerprint density at radius 3 is 2.72 bits per heavy atom. The summed E-state index contributed by atoms with van der Waals surface area (Å²) >= 11 is 0. The number of H-pyrrole nitrogens is 1. The van der Waals surface area contributed by atoms with Gasteiger partial charge in [0.2, 0.25) is 0 Å². The number of hydrogen-bond acceptors (Lipinski definition) is 2. The van der Waals surface area contributed by atoms with Crippen molar-refractivity contribution in [3.63, 3.8) is 0 Å². The van der Waals surface area contributed by atoms with Gasteiger partial charge in [-0.2, -0.15) is 0 Å². The molecule has 0 radical (unpaired) electrons. The number of amides is 1. The predicted octanol–water partition coefficient (Wildman–Crippen LogP) is 1.91. The summed E-state index contributed by atoms with van der Waals surface area (Å²) in [4.78, 5) is 14.6. The van der Waals surface area contributed by atoms with E-state index in [1.165, 1.54) is 0 Å². The molecule has 90 valence electrons. The van der Waals surface area contributed by atoms with E-state index in [-0.39, 0.29) is 6.61 Å². The highest BCUT2D eigenvalue weighted by molar-refractivity contribution is 6.15. The van der Waals surface area contributed by atoms with Crippen molar-refractivity contribution >= 4 is 27.7 Å². The number of primary amides is 1. The van der Waals surface area contributed by atoms with Crippen LogP contribution in [0.2, 0.25) is 0 Å². The van der Waals surface area contributed by atoms with Crippen molar-refractivity contribution < 1.29 is 9.90 Å². The lowest BCUT2D eigenvalue weighted by atomic mass is 10.0. The molecule has 0 spiro atoms. The molecule has 0 aliphatic carbocycles. The summed E-state index contributed by atoms with van der Waals surface area (Å²) in [5.74, 6) is -0.476. The third-order valence-electron chi connectivity index (χ3n) is 3.18. The number of benzene rings is 2. The van der Waals surface area contributed by atoms with E-state index in [1.807, 2.05) is 24.3 Å². The molecule has 0 atom stereocenters. The van der Waals surface area contributed by atoms with Gasteiger partial charge in [0, 0.05) is 16.3 Å². The topological polar surface area (TPSA) is 79.1 Å². The molecule has 18 heavy (non-hydrogen) atoms. The van der Waals surface area contributed by atoms with E-state index >= 15 is 0 Å². The van der Waals surface area contributed by atoms with Crippen molar-refractivity contribution in [3.05, 3.63) is 47.5 Å². The van der Waals surface area contributed by atoms with Crippen LogP contribution in [0.4, 0.5) is 0 Å². The molecule has 1 amide bonds. The molecule has 1 heterocycles. The quantitative estimate of drug-likeness (QED) is 0.639. The Morgan fingerprint density at radius 1 is 1.22 bits per heavy atom. The minimum Gasteiger partial charge on any atom is -0.392 e. The maximum atomic E-state index is 11.4. The standard InChI is InChI=1S/C14H12N2O2/c15-14(18)10-6-5-8(7-17)12-9-3-1-2-4-11(9)16-13(10)12/h1-6,16-17H,7H2,(H2,15,18). The molecule has 0 bridgehead atoms. The van der Waals surface area contributed by atoms with E-state index in [0.29, 0.717) is 11.1 Å². The van der Waals surface area contributed by atoms with Gasteiger partial charge in [-0.1, -0.05) is 24.3 Å². The van der Waals surface area contributed by atoms with Gasteiger partial charge in [0.15, 0.2) is 0 Å². The number of rotatable bonds is 2. The lowest BCUT2D eigenvalue weighted by molar-refractivity contribution is 0.100. The van der Waals surface area contributed by atoms with Crippen molar-refractivity contribution in [2.45, 2.75) is 6.61 Å². The van der Waals surface area contributed by atoms with Crippen LogP contribution in [0.15, 0.2) is 36.4 Å². The first-order valence-corrected chi connectivity index (χ1v) is 5.65. The van der Waals surface area contributed by atoms with Gasteiger partial charge in [-0.05, 0) is 17.7 Å². The Bertz CT molecular complexity index is 759. The van der Waals surface area contributed by atoms with Gasteiger partial charge in [0.05, 0.1) is 17.7 Å². The highest BCUT2D eigenvalue weighted by Gasteiger charge is 2.14. The lowest BCUT2D eigenvalue weighted by Gasteiger charge is -2.03. The monoisotopic (exact) mass is 240 g/mol. The zero-order valence-corrected chi connectivity index (χ0v) is 9.60. The van der Waals surface area contributed by atoms with Gasteiger partial charge in [0.25, 0.3) is 5.91 Å². The second kappa shape index (κ2) is 3.85. The fraction of sp³-hybridized carbons (Fsp3) is 0.0714. The van der Waals surface area contributed by atoms with Crippen molar-refractivity contribution in [3.8, 4) is 0 Å². The zero-order valence-electron chi connectivity index (χ0n) is 9.60. The Hall–Kier alpha value is -2.33. The molecule has 4 heteroatoms. The maximum Gasteiger partial charge on any atom is 0.250 e. The van der Waals surface area contributed by atoms with Crippen LogP contribution in [0.25, 0.3) is 21.8 Å². The van der Waals surface area contributed by atoms with Crippen LogP contribution in [0.3, 0.4) is 0 Å². The first-order valence-electron chi connectivity index (χ1n) is 5.65. The first kappa shape index (κ1) is 10.8. The van der Waals surface area contributed by atoms with Gasteiger partial charge in [-0.25, -0.2) is 0 Å². The molecule has 1 aromatic heterocycles. The number of para-hydroxylation sites is 1. The number of aliphatic hydroxyl groups is 1. The second-order valence-corrected chi connectivity index (χ2v) is 4.22. The highest BCUT2D eigenvalue weighted by atomic mass is 16.3. The summed E-state index contributed by atoms with van der Waals surface area (Å²) in [7, 11) is 0. The van der Waals surface area contributed by atoms with E-state index in [2.05, 4.69) is 4.98 Å². The molecule has 0 fully saturated rings. The Morgan fingerprint density at radius 2 is 2.00 bits per heavy atom. The minimum absolute atomic E-state index is 0.0720. The average molecular weight is 240 g/mol. The van der Waals surface area contributed by atoms with Crippen molar-refractivity contribution in [2.75, 3.05) is 0 Å². The molecule has 3 aromatic rings. The lowest BCUT2D eigenvalue weighted by Crippen LogP contribution is -2.11. The molecular weight excluding hydrogens is 228 g/mol. The molecule has 4 nitrogen and oxygen atoms in total. The second-order valence-electron chi connectivity index (χ2n) is 4.22. The molecule has 2 aromatic carbocycles. The van der Waals surface area contributed by atoms with E-state index < -0.39 is 5.91 Å². The number of hydrogen-bond donors (Lipinski definition) is 3. The van der Waals surface area contributed by atoms with Gasteiger partial charge in [-0.3, -0.25) is 4.79 Å². The number of nitrogens with one attached hydrogen (secondary N) is 1. The Kier molecular flexibility index (Phi) is 2.31. The third-order valence-corrected chi connectivity index (χ3v) is 3.18. The molecule has 3 rings (SSSR count). The predicted molar refractivity (Wildman–Crippen MR) is 70.2 cm³/mol. The van der Waals surface area contributed by atoms with Crippen LogP contribution >= 0.6 is 0 Å². The molecule has 0 aliphatic rings. The SMILES string of the molecule is NC(=O)c1ccc(CO)c2c1[nH]c1ccccc12. The molecule has 0 saturated carbocycles. The number of carbonyl (C=O) groups is 1. The van der Waals surface area contributed by atoms with Crippen LogP contribution in [-0.4, -0.2) is 16.0 Å². The summed E-state index contributed by atoms with van der Waals surface area (Å²) in [5.41, 5.74) is 8.22. The fourth-order valence-corrected chi connectivity index (χ4v) is 2.37.